The van der Waals surface area contributed by atoms with Gasteiger partial charge in [-0.25, -0.2) is 14.0 Å². The van der Waals surface area contributed by atoms with Gasteiger partial charge in [0.1, 0.15) is 11.4 Å². The molecule has 1 saturated carbocycles. The van der Waals surface area contributed by atoms with Crippen molar-refractivity contribution >= 4 is 28.9 Å². The van der Waals surface area contributed by atoms with Crippen molar-refractivity contribution in [2.24, 2.45) is 0 Å². The van der Waals surface area contributed by atoms with Gasteiger partial charge in [0.2, 0.25) is 0 Å². The molecule has 206 valence electrons. The zero-order valence-electron chi connectivity index (χ0n) is 23.4. The van der Waals surface area contributed by atoms with E-state index in [1.807, 2.05) is 62.9 Å². The number of esters is 1. The summed E-state index contributed by atoms with van der Waals surface area (Å²) in [7, 11) is 0. The molecule has 0 unspecified atom stereocenters. The van der Waals surface area contributed by atoms with Crippen molar-refractivity contribution in [1.82, 2.24) is 4.90 Å². The van der Waals surface area contributed by atoms with E-state index in [9.17, 15) is 14.0 Å². The second-order valence-corrected chi connectivity index (χ2v) is 11.2. The summed E-state index contributed by atoms with van der Waals surface area (Å²) in [6.07, 6.45) is 5.42. The SMILES string of the molecule is CCOC(=O)/C=C/c1ccc([C@@H]2CC[C@H](N(C(=O)OC(C)(C)C)[C@H](C)c3ccc(F)c4ccccc34)C2)cc1. The highest BCUT2D eigenvalue weighted by atomic mass is 19.1. The third kappa shape index (κ3) is 6.86. The number of amides is 1. The standard InChI is InChI=1S/C33H38FNO4/c1-6-38-31(36)20-13-23-11-14-24(15-12-23)25-16-17-26(21-25)35(32(37)39-33(3,4)5)22(2)27-18-19-30(34)29-10-8-7-9-28(27)29/h7-15,18-20,22,25-26H,6,16-17,21H2,1-5H3/b20-13+/t22-,25-,26+/m1/s1. The number of carbonyl (C=O) groups is 2. The summed E-state index contributed by atoms with van der Waals surface area (Å²) in [5.74, 6) is -0.336. The number of nitrogens with zero attached hydrogens (tertiary/aromatic N) is 1. The Hall–Kier alpha value is -3.67. The minimum atomic E-state index is -0.634. The lowest BCUT2D eigenvalue weighted by Crippen LogP contribution is -2.44. The van der Waals surface area contributed by atoms with Crippen LogP contribution >= 0.6 is 0 Å². The van der Waals surface area contributed by atoms with E-state index < -0.39 is 5.60 Å². The maximum Gasteiger partial charge on any atom is 0.411 e. The molecule has 5 nitrogen and oxygen atoms in total. The van der Waals surface area contributed by atoms with E-state index in [1.165, 1.54) is 17.7 Å². The van der Waals surface area contributed by atoms with E-state index >= 15 is 0 Å². The Balaban J connectivity index is 1.57. The van der Waals surface area contributed by atoms with Crippen LogP contribution in [-0.4, -0.2) is 35.2 Å². The molecule has 0 saturated heterocycles. The van der Waals surface area contributed by atoms with Crippen LogP contribution in [0.3, 0.4) is 0 Å². The van der Waals surface area contributed by atoms with Gasteiger partial charge in [-0.2, -0.15) is 0 Å². The number of rotatable bonds is 7. The maximum absolute atomic E-state index is 14.6. The first-order valence-corrected chi connectivity index (χ1v) is 13.7. The first-order valence-electron chi connectivity index (χ1n) is 13.7. The number of hydrogen-bond acceptors (Lipinski definition) is 4. The Labute approximate surface area is 230 Å². The maximum atomic E-state index is 14.6. The van der Waals surface area contributed by atoms with Crippen molar-refractivity contribution in [3.8, 4) is 0 Å². The molecule has 0 aromatic heterocycles. The Bertz CT molecular complexity index is 1340. The largest absolute Gasteiger partial charge is 0.463 e. The van der Waals surface area contributed by atoms with Crippen LogP contribution in [0, 0.1) is 5.82 Å². The molecule has 3 aromatic carbocycles. The summed E-state index contributed by atoms with van der Waals surface area (Å²) in [6.45, 7) is 9.74. The van der Waals surface area contributed by atoms with Crippen molar-refractivity contribution in [2.75, 3.05) is 6.61 Å². The quantitative estimate of drug-likeness (QED) is 0.228. The minimum Gasteiger partial charge on any atom is -0.463 e. The highest BCUT2D eigenvalue weighted by Gasteiger charge is 2.38. The molecule has 1 amide bonds. The lowest BCUT2D eigenvalue weighted by Gasteiger charge is -2.37. The first-order chi connectivity index (χ1) is 18.6. The lowest BCUT2D eigenvalue weighted by atomic mass is 9.95. The van der Waals surface area contributed by atoms with Crippen LogP contribution in [0.2, 0.25) is 0 Å². The van der Waals surface area contributed by atoms with E-state index in [4.69, 9.17) is 9.47 Å². The molecule has 0 bridgehead atoms. The Morgan fingerprint density at radius 1 is 1.03 bits per heavy atom. The van der Waals surface area contributed by atoms with Crippen molar-refractivity contribution < 1.29 is 23.5 Å². The van der Waals surface area contributed by atoms with E-state index in [0.29, 0.717) is 17.9 Å². The normalized spacial score (nSPS) is 18.3. The molecule has 4 rings (SSSR count). The topological polar surface area (TPSA) is 55.8 Å². The van der Waals surface area contributed by atoms with E-state index in [-0.39, 0.29) is 30.0 Å². The summed E-state index contributed by atoms with van der Waals surface area (Å²) in [5.41, 5.74) is 2.40. The fourth-order valence-corrected chi connectivity index (χ4v) is 5.48. The molecule has 0 aliphatic heterocycles. The monoisotopic (exact) mass is 531 g/mol. The predicted octanol–water partition coefficient (Wildman–Crippen LogP) is 8.19. The van der Waals surface area contributed by atoms with Crippen LogP contribution in [0.15, 0.2) is 66.7 Å². The molecule has 39 heavy (non-hydrogen) atoms. The van der Waals surface area contributed by atoms with Crippen molar-refractivity contribution in [3.63, 3.8) is 0 Å². The number of fused-ring (bicyclic) bond motifs is 1. The second kappa shape index (κ2) is 12.0. The zero-order valence-corrected chi connectivity index (χ0v) is 23.4. The Morgan fingerprint density at radius 2 is 1.72 bits per heavy atom. The summed E-state index contributed by atoms with van der Waals surface area (Å²) >= 11 is 0. The van der Waals surface area contributed by atoms with Crippen LogP contribution in [0.25, 0.3) is 16.8 Å². The fourth-order valence-electron chi connectivity index (χ4n) is 5.48. The first kappa shape index (κ1) is 28.3. The molecule has 3 aromatic rings. The summed E-state index contributed by atoms with van der Waals surface area (Å²) in [4.78, 5) is 27.1. The van der Waals surface area contributed by atoms with Crippen LogP contribution in [0.1, 0.15) is 82.5 Å². The van der Waals surface area contributed by atoms with Crippen LogP contribution < -0.4 is 0 Å². The molecule has 1 aliphatic carbocycles. The molecule has 6 heteroatoms. The summed E-state index contributed by atoms with van der Waals surface area (Å²) in [6, 6.07) is 18.5. The van der Waals surface area contributed by atoms with Gasteiger partial charge in [0.15, 0.2) is 0 Å². The van der Waals surface area contributed by atoms with Gasteiger partial charge >= 0.3 is 12.1 Å². The smallest absolute Gasteiger partial charge is 0.411 e. The summed E-state index contributed by atoms with van der Waals surface area (Å²) in [5, 5.41) is 1.35. The average Bonchev–Trinajstić information content (AvgIpc) is 3.37. The number of ether oxygens (including phenoxy) is 2. The van der Waals surface area contributed by atoms with Gasteiger partial charge in [0, 0.05) is 17.5 Å². The zero-order chi connectivity index (χ0) is 28.2. The van der Waals surface area contributed by atoms with Crippen LogP contribution in [-0.2, 0) is 14.3 Å². The minimum absolute atomic E-state index is 0.0212. The van der Waals surface area contributed by atoms with Gasteiger partial charge in [-0.05, 0) is 94.0 Å². The molecule has 0 spiro atoms. The molecular weight excluding hydrogens is 493 g/mol. The van der Waals surface area contributed by atoms with E-state index in [0.717, 1.165) is 35.8 Å². The molecule has 3 atom stereocenters. The van der Waals surface area contributed by atoms with Crippen LogP contribution in [0.5, 0.6) is 0 Å². The Kier molecular flexibility index (Phi) is 8.73. The van der Waals surface area contributed by atoms with Gasteiger partial charge in [0.25, 0.3) is 0 Å². The van der Waals surface area contributed by atoms with E-state index in [2.05, 4.69) is 12.1 Å². The lowest BCUT2D eigenvalue weighted by molar-refractivity contribution is -0.137. The second-order valence-electron chi connectivity index (χ2n) is 11.2. The highest BCUT2D eigenvalue weighted by molar-refractivity contribution is 5.87. The number of hydrogen-bond donors (Lipinski definition) is 0. The van der Waals surface area contributed by atoms with Gasteiger partial charge < -0.3 is 9.47 Å². The van der Waals surface area contributed by atoms with Crippen molar-refractivity contribution in [3.05, 3.63) is 89.2 Å². The molecule has 0 heterocycles. The molecule has 1 fully saturated rings. The van der Waals surface area contributed by atoms with E-state index in [1.54, 1.807) is 25.1 Å². The fraction of sp³-hybridized carbons (Fsp3) is 0.394. The number of benzene rings is 3. The van der Waals surface area contributed by atoms with Gasteiger partial charge in [-0.15, -0.1) is 0 Å². The molecule has 1 aliphatic rings. The van der Waals surface area contributed by atoms with Gasteiger partial charge in [-0.1, -0.05) is 54.6 Å². The molecular formula is C33H38FNO4. The summed E-state index contributed by atoms with van der Waals surface area (Å²) < 4.78 is 25.4. The third-order valence-electron chi connectivity index (χ3n) is 7.28. The molecule has 0 N–H and O–H groups in total. The third-order valence-corrected chi connectivity index (χ3v) is 7.28. The predicted molar refractivity (Wildman–Crippen MR) is 153 cm³/mol. The van der Waals surface area contributed by atoms with Crippen LogP contribution in [0.4, 0.5) is 9.18 Å². The average molecular weight is 532 g/mol. The van der Waals surface area contributed by atoms with Crippen molar-refractivity contribution in [1.29, 1.82) is 0 Å². The van der Waals surface area contributed by atoms with Gasteiger partial charge in [0.05, 0.1) is 12.6 Å². The van der Waals surface area contributed by atoms with Crippen molar-refractivity contribution in [2.45, 2.75) is 77.5 Å². The number of halogens is 1. The van der Waals surface area contributed by atoms with Gasteiger partial charge in [-0.3, -0.25) is 4.90 Å². The highest BCUT2D eigenvalue weighted by Crippen LogP contribution is 2.41. The number of carbonyl (C=O) groups excluding carboxylic acids is 2. The molecule has 0 radical (unpaired) electrons. The Morgan fingerprint density at radius 3 is 2.38 bits per heavy atom.